The molecule has 8 nitrogen and oxygen atoms in total. The van der Waals surface area contributed by atoms with Crippen LogP contribution in [0.1, 0.15) is 28.6 Å². The van der Waals surface area contributed by atoms with E-state index in [2.05, 4.69) is 6.58 Å². The smallest absolute Gasteiger partial charge is 0.239 e. The fraction of sp³-hybridized carbons (Fsp3) is 0.360. The van der Waals surface area contributed by atoms with E-state index in [4.69, 9.17) is 13.9 Å². The summed E-state index contributed by atoms with van der Waals surface area (Å²) in [5.74, 6) is -1.31. The van der Waals surface area contributed by atoms with Crippen molar-refractivity contribution in [1.29, 1.82) is 0 Å². The maximum atomic E-state index is 13.1. The van der Waals surface area contributed by atoms with Crippen LogP contribution in [0.2, 0.25) is 0 Å². The Morgan fingerprint density at radius 1 is 1.24 bits per heavy atom. The van der Waals surface area contributed by atoms with Crippen LogP contribution in [0.25, 0.3) is 0 Å². The van der Waals surface area contributed by atoms with Gasteiger partial charge in [-0.25, -0.2) is 0 Å². The molecule has 0 spiro atoms. The number of ether oxygens (including phenoxy) is 2. The van der Waals surface area contributed by atoms with Gasteiger partial charge in [-0.05, 0) is 35.6 Å². The highest BCUT2D eigenvalue weighted by Gasteiger charge is 2.40. The molecule has 174 valence electrons. The van der Waals surface area contributed by atoms with Crippen LogP contribution >= 0.6 is 0 Å². The fourth-order valence-electron chi connectivity index (χ4n) is 4.30. The Morgan fingerprint density at radius 2 is 2.00 bits per heavy atom. The fourth-order valence-corrected chi connectivity index (χ4v) is 4.30. The number of amides is 1. The van der Waals surface area contributed by atoms with Crippen LogP contribution < -0.4 is 14.7 Å². The molecule has 4 rings (SSSR count). The zero-order valence-corrected chi connectivity index (χ0v) is 18.5. The zero-order chi connectivity index (χ0) is 23.2. The van der Waals surface area contributed by atoms with E-state index in [1.807, 2.05) is 0 Å². The zero-order valence-electron chi connectivity index (χ0n) is 18.5. The average Bonchev–Trinajstić information content (AvgIpc) is 3.47. The topological polar surface area (TPSA) is 96.5 Å². The van der Waals surface area contributed by atoms with Gasteiger partial charge in [0.15, 0.2) is 5.76 Å². The summed E-state index contributed by atoms with van der Waals surface area (Å²) in [4.78, 5) is 29.0. The van der Waals surface area contributed by atoms with Gasteiger partial charge >= 0.3 is 0 Å². The number of carbonyl (C=O) groups excluding carboxylic acids is 2. The van der Waals surface area contributed by atoms with Crippen LogP contribution in [0.4, 0.5) is 0 Å². The van der Waals surface area contributed by atoms with Crippen molar-refractivity contribution in [1.82, 2.24) is 4.90 Å². The van der Waals surface area contributed by atoms with E-state index >= 15 is 0 Å². The number of benzene rings is 1. The molecule has 0 radical (unpaired) electrons. The lowest BCUT2D eigenvalue weighted by atomic mass is 9.95. The minimum Gasteiger partial charge on any atom is -0.868 e. The molecule has 0 saturated carbocycles. The van der Waals surface area contributed by atoms with Crippen molar-refractivity contribution in [3.8, 4) is 5.75 Å². The van der Waals surface area contributed by atoms with Crippen molar-refractivity contribution in [3.05, 3.63) is 78.0 Å². The normalized spacial score (nSPS) is 19.2. The van der Waals surface area contributed by atoms with Crippen molar-refractivity contribution in [3.63, 3.8) is 0 Å². The number of hydrogen-bond acceptors (Lipinski definition) is 6. The molecule has 1 saturated heterocycles. The summed E-state index contributed by atoms with van der Waals surface area (Å²) in [5, 5.41) is 13.0. The number of nitrogens with zero attached hydrogens (tertiary/aromatic N) is 1. The van der Waals surface area contributed by atoms with E-state index in [-0.39, 0.29) is 11.3 Å². The lowest BCUT2D eigenvalue weighted by Gasteiger charge is -2.29. The van der Waals surface area contributed by atoms with Crippen LogP contribution in [-0.2, 0) is 9.53 Å². The first-order valence-electron chi connectivity index (χ1n) is 11.2. The molecule has 1 aromatic carbocycles. The summed E-state index contributed by atoms with van der Waals surface area (Å²) >= 11 is 0. The van der Waals surface area contributed by atoms with E-state index in [0.717, 1.165) is 32.8 Å². The van der Waals surface area contributed by atoms with E-state index in [1.54, 1.807) is 36.4 Å². The highest BCUT2D eigenvalue weighted by molar-refractivity contribution is 6.14. The van der Waals surface area contributed by atoms with Crippen LogP contribution in [0.3, 0.4) is 0 Å². The number of rotatable bonds is 10. The Bertz CT molecular complexity index is 1010. The molecule has 2 aliphatic heterocycles. The summed E-state index contributed by atoms with van der Waals surface area (Å²) in [7, 11) is 0. The van der Waals surface area contributed by atoms with E-state index in [9.17, 15) is 14.7 Å². The molecule has 2 aliphatic rings. The molecule has 1 atom stereocenters. The van der Waals surface area contributed by atoms with Gasteiger partial charge in [0, 0.05) is 18.5 Å². The highest BCUT2D eigenvalue weighted by Crippen LogP contribution is 2.38. The lowest BCUT2D eigenvalue weighted by Crippen LogP contribution is -3.14. The quantitative estimate of drug-likeness (QED) is 0.417. The van der Waals surface area contributed by atoms with Crippen molar-refractivity contribution in [2.45, 2.75) is 12.5 Å². The van der Waals surface area contributed by atoms with Gasteiger partial charge in [-0.1, -0.05) is 24.8 Å². The summed E-state index contributed by atoms with van der Waals surface area (Å²) < 4.78 is 16.2. The Hall–Kier alpha value is -3.36. The van der Waals surface area contributed by atoms with Crippen molar-refractivity contribution in [2.24, 2.45) is 0 Å². The SMILES string of the molecule is C=CCOc1ccc(C2C(C(=O)c3ccco3)=C([O-])C(=O)N2CCC[NH+]2CCOCC2)cc1. The number of morpholine rings is 1. The molecule has 3 heterocycles. The molecule has 1 N–H and O–H groups in total. The molecular weight excluding hydrogens is 424 g/mol. The van der Waals surface area contributed by atoms with Gasteiger partial charge < -0.3 is 28.8 Å². The van der Waals surface area contributed by atoms with Gasteiger partial charge in [0.05, 0.1) is 32.1 Å². The molecule has 0 bridgehead atoms. The molecule has 1 amide bonds. The van der Waals surface area contributed by atoms with Crippen molar-refractivity contribution >= 4 is 11.7 Å². The Labute approximate surface area is 192 Å². The number of nitrogens with one attached hydrogen (secondary N) is 1. The number of hydrogen-bond donors (Lipinski definition) is 1. The molecular formula is C25H28N2O6. The van der Waals surface area contributed by atoms with Crippen LogP contribution in [-0.4, -0.2) is 62.6 Å². The summed E-state index contributed by atoms with van der Waals surface area (Å²) in [6, 6.07) is 9.40. The van der Waals surface area contributed by atoms with Crippen molar-refractivity contribution < 1.29 is 33.5 Å². The number of furan rings is 1. The maximum Gasteiger partial charge on any atom is 0.239 e. The highest BCUT2D eigenvalue weighted by atomic mass is 16.5. The predicted molar refractivity (Wildman–Crippen MR) is 118 cm³/mol. The third-order valence-electron chi connectivity index (χ3n) is 5.97. The standard InChI is InChI=1S/C25H28N2O6/c1-2-14-32-19-8-6-18(7-9-19)22-21(23(28)20-5-3-15-33-20)24(29)25(30)27(22)11-4-10-26-12-16-31-17-13-26/h2-3,5-9,15,22,29H,1,4,10-14,16-17H2. The largest absolute Gasteiger partial charge is 0.868 e. The van der Waals surface area contributed by atoms with Gasteiger partial charge in [-0.3, -0.25) is 9.59 Å². The first-order chi connectivity index (χ1) is 16.1. The van der Waals surface area contributed by atoms with Gasteiger partial charge in [-0.2, -0.15) is 0 Å². The number of Topliss-reactive ketones (excluding diaryl/α,β-unsaturated/α-hetero) is 1. The molecule has 8 heteroatoms. The minimum atomic E-state index is -0.771. The second kappa shape index (κ2) is 10.5. The molecule has 1 aromatic heterocycles. The summed E-state index contributed by atoms with van der Waals surface area (Å²) in [6.45, 7) is 8.56. The van der Waals surface area contributed by atoms with Gasteiger partial charge in [0.25, 0.3) is 0 Å². The van der Waals surface area contributed by atoms with E-state index in [1.165, 1.54) is 22.1 Å². The van der Waals surface area contributed by atoms with Crippen LogP contribution in [0, 0.1) is 0 Å². The van der Waals surface area contributed by atoms with Crippen LogP contribution in [0.15, 0.2) is 71.1 Å². The average molecular weight is 453 g/mol. The maximum absolute atomic E-state index is 13.1. The van der Waals surface area contributed by atoms with Gasteiger partial charge in [0.1, 0.15) is 25.4 Å². The summed E-state index contributed by atoms with van der Waals surface area (Å²) in [6.07, 6.45) is 3.74. The molecule has 0 aliphatic carbocycles. The first-order valence-corrected chi connectivity index (χ1v) is 11.2. The second-order valence-electron chi connectivity index (χ2n) is 8.08. The third-order valence-corrected chi connectivity index (χ3v) is 5.97. The summed E-state index contributed by atoms with van der Waals surface area (Å²) in [5.41, 5.74) is 0.599. The molecule has 1 fully saturated rings. The van der Waals surface area contributed by atoms with Gasteiger partial charge in [0.2, 0.25) is 11.7 Å². The first kappa shape index (κ1) is 22.8. The third kappa shape index (κ3) is 5.02. The Kier molecular flexibility index (Phi) is 7.26. The monoisotopic (exact) mass is 452 g/mol. The van der Waals surface area contributed by atoms with Crippen LogP contribution in [0.5, 0.6) is 5.75 Å². The molecule has 33 heavy (non-hydrogen) atoms. The predicted octanol–water partition coefficient (Wildman–Crippen LogP) is 0.530. The van der Waals surface area contributed by atoms with E-state index < -0.39 is 23.5 Å². The Morgan fingerprint density at radius 3 is 2.67 bits per heavy atom. The lowest BCUT2D eigenvalue weighted by molar-refractivity contribution is -0.908. The number of ketones is 1. The van der Waals surface area contributed by atoms with Crippen molar-refractivity contribution in [2.75, 3.05) is 46.0 Å². The molecule has 1 unspecified atom stereocenters. The van der Waals surface area contributed by atoms with E-state index in [0.29, 0.717) is 30.9 Å². The number of carbonyl (C=O) groups is 2. The number of quaternary nitrogens is 1. The second-order valence-corrected chi connectivity index (χ2v) is 8.08. The Balaban J connectivity index is 1.58. The minimum absolute atomic E-state index is 0.0432. The van der Waals surface area contributed by atoms with Gasteiger partial charge in [-0.15, -0.1) is 0 Å². The molecule has 2 aromatic rings.